The van der Waals surface area contributed by atoms with E-state index in [-0.39, 0.29) is 16.6 Å². The summed E-state index contributed by atoms with van der Waals surface area (Å²) < 4.78 is 19.0. The first-order chi connectivity index (χ1) is 13.4. The number of aliphatic hydroxyl groups is 1. The van der Waals surface area contributed by atoms with Gasteiger partial charge in [-0.15, -0.1) is 0 Å². The van der Waals surface area contributed by atoms with E-state index in [0.717, 1.165) is 43.6 Å². The lowest BCUT2D eigenvalue weighted by atomic mass is 9.69. The molecule has 0 radical (unpaired) electrons. The van der Waals surface area contributed by atoms with E-state index >= 15 is 0 Å². The van der Waals surface area contributed by atoms with E-state index < -0.39 is 19.1 Å². The maximum absolute atomic E-state index is 12.7. The molecular weight excluding hydrogens is 396 g/mol. The van der Waals surface area contributed by atoms with Crippen molar-refractivity contribution in [2.24, 2.45) is 5.41 Å². The van der Waals surface area contributed by atoms with Gasteiger partial charge in [-0.05, 0) is 67.8 Å². The van der Waals surface area contributed by atoms with E-state index in [1.807, 2.05) is 36.4 Å². The molecule has 0 bridgehead atoms. The highest BCUT2D eigenvalue weighted by molar-refractivity contribution is 7.85. The average molecular weight is 437 g/mol. The van der Waals surface area contributed by atoms with Gasteiger partial charge in [-0.2, -0.15) is 0 Å². The van der Waals surface area contributed by atoms with Crippen molar-refractivity contribution in [2.75, 3.05) is 12.4 Å². The molecule has 1 N–H and O–H groups in total. The molecular formula is C24H40O3SSi. The SMILES string of the molecule is CC(C)(C)[Si](C)(C)OCCC[C@]1(C)CC[C@H](O)C=C1CCS(=O)c1ccccc1. The molecule has 5 heteroatoms. The maximum atomic E-state index is 12.7. The molecule has 0 heterocycles. The van der Waals surface area contributed by atoms with Crippen molar-refractivity contribution >= 4 is 19.1 Å². The van der Waals surface area contributed by atoms with Crippen molar-refractivity contribution in [1.82, 2.24) is 0 Å². The quantitative estimate of drug-likeness (QED) is 0.290. The van der Waals surface area contributed by atoms with Gasteiger partial charge in [-0.1, -0.05) is 57.5 Å². The molecule has 0 saturated carbocycles. The first-order valence-electron chi connectivity index (χ1n) is 10.9. The minimum Gasteiger partial charge on any atom is -0.417 e. The number of allylic oxidation sites excluding steroid dienone is 1. The predicted octanol–water partition coefficient (Wildman–Crippen LogP) is 6.07. The van der Waals surface area contributed by atoms with Crippen molar-refractivity contribution in [3.05, 3.63) is 42.0 Å². The molecule has 3 atom stereocenters. The monoisotopic (exact) mass is 436 g/mol. The minimum absolute atomic E-state index is 0.0664. The van der Waals surface area contributed by atoms with Crippen LogP contribution in [0.3, 0.4) is 0 Å². The van der Waals surface area contributed by atoms with E-state index in [1.165, 1.54) is 5.57 Å². The molecule has 2 rings (SSSR count). The number of rotatable bonds is 9. The average Bonchev–Trinajstić information content (AvgIpc) is 2.66. The first-order valence-corrected chi connectivity index (χ1v) is 15.1. The standard InChI is InChI=1S/C24H40O3SSi/c1-23(2,3)29(5,6)27-17-10-15-24(4)16-13-21(25)19-20(24)14-18-28(26)22-11-8-7-9-12-22/h7-9,11-12,19,21,25H,10,13-18H2,1-6H3/t21-,24+,28?/m0/s1. The van der Waals surface area contributed by atoms with Crippen molar-refractivity contribution in [3.63, 3.8) is 0 Å². The Kier molecular flexibility index (Phi) is 8.48. The van der Waals surface area contributed by atoms with Gasteiger partial charge >= 0.3 is 0 Å². The summed E-state index contributed by atoms with van der Waals surface area (Å²) in [6.07, 6.45) is 6.31. The van der Waals surface area contributed by atoms with Crippen molar-refractivity contribution in [2.45, 2.75) is 88.9 Å². The molecule has 0 aromatic heterocycles. The molecule has 164 valence electrons. The van der Waals surface area contributed by atoms with Crippen LogP contribution in [0.2, 0.25) is 18.1 Å². The first kappa shape index (κ1) is 24.5. The zero-order valence-corrected chi connectivity index (χ0v) is 21.0. The van der Waals surface area contributed by atoms with Gasteiger partial charge in [0.2, 0.25) is 0 Å². The zero-order valence-electron chi connectivity index (χ0n) is 19.2. The molecule has 0 saturated heterocycles. The Balaban J connectivity index is 1.94. The summed E-state index contributed by atoms with van der Waals surface area (Å²) >= 11 is 0. The fraction of sp³-hybridized carbons (Fsp3) is 0.667. The van der Waals surface area contributed by atoms with Gasteiger partial charge in [0, 0.05) is 17.3 Å². The third-order valence-corrected chi connectivity index (χ3v) is 12.8. The van der Waals surface area contributed by atoms with Gasteiger partial charge in [0.1, 0.15) is 0 Å². The summed E-state index contributed by atoms with van der Waals surface area (Å²) in [4.78, 5) is 0.883. The Morgan fingerprint density at radius 2 is 1.90 bits per heavy atom. The second-order valence-corrected chi connectivity index (χ2v) is 16.6. The van der Waals surface area contributed by atoms with Crippen LogP contribution in [-0.4, -0.2) is 36.1 Å². The normalized spacial score (nSPS) is 24.2. The van der Waals surface area contributed by atoms with E-state index in [1.54, 1.807) is 0 Å². The molecule has 3 nitrogen and oxygen atoms in total. The lowest BCUT2D eigenvalue weighted by Crippen LogP contribution is -2.41. The lowest BCUT2D eigenvalue weighted by Gasteiger charge is -2.39. The van der Waals surface area contributed by atoms with Gasteiger partial charge in [0.15, 0.2) is 8.32 Å². The molecule has 0 amide bonds. The Morgan fingerprint density at radius 1 is 1.24 bits per heavy atom. The van der Waals surface area contributed by atoms with Crippen molar-refractivity contribution in [3.8, 4) is 0 Å². The summed E-state index contributed by atoms with van der Waals surface area (Å²) in [6.45, 7) is 14.5. The molecule has 1 aromatic carbocycles. The van der Waals surface area contributed by atoms with Gasteiger partial charge in [-0.3, -0.25) is 4.21 Å². The summed E-state index contributed by atoms with van der Waals surface area (Å²) in [7, 11) is -2.71. The summed E-state index contributed by atoms with van der Waals surface area (Å²) in [5.41, 5.74) is 1.34. The highest BCUT2D eigenvalue weighted by Crippen LogP contribution is 2.43. The molecule has 1 aliphatic carbocycles. The van der Waals surface area contributed by atoms with E-state index in [9.17, 15) is 9.32 Å². The largest absolute Gasteiger partial charge is 0.417 e. The van der Waals surface area contributed by atoms with Crippen LogP contribution < -0.4 is 0 Å². The zero-order chi connectivity index (χ0) is 21.7. The van der Waals surface area contributed by atoms with Crippen LogP contribution in [0.15, 0.2) is 46.9 Å². The van der Waals surface area contributed by atoms with Crippen LogP contribution >= 0.6 is 0 Å². The predicted molar refractivity (Wildman–Crippen MR) is 126 cm³/mol. The number of aliphatic hydroxyl groups excluding tert-OH is 1. The Morgan fingerprint density at radius 3 is 2.52 bits per heavy atom. The van der Waals surface area contributed by atoms with E-state index in [0.29, 0.717) is 5.75 Å². The van der Waals surface area contributed by atoms with Crippen LogP contribution in [0.25, 0.3) is 0 Å². The second kappa shape index (κ2) is 10.0. The van der Waals surface area contributed by atoms with E-state index in [2.05, 4.69) is 40.8 Å². The number of hydrogen-bond donors (Lipinski definition) is 1. The molecule has 1 aromatic rings. The Bertz CT molecular complexity index is 709. The molecule has 0 spiro atoms. The number of benzene rings is 1. The number of hydrogen-bond acceptors (Lipinski definition) is 3. The van der Waals surface area contributed by atoms with Gasteiger partial charge in [0.05, 0.1) is 16.9 Å². The van der Waals surface area contributed by atoms with Crippen molar-refractivity contribution in [1.29, 1.82) is 0 Å². The Labute approximate surface area is 181 Å². The third kappa shape index (κ3) is 6.88. The second-order valence-electron chi connectivity index (χ2n) is 10.2. The van der Waals surface area contributed by atoms with Crippen LogP contribution in [0, 0.1) is 5.41 Å². The fourth-order valence-electron chi connectivity index (χ4n) is 3.71. The Hall–Kier alpha value is -0.753. The van der Waals surface area contributed by atoms with Crippen LogP contribution in [0.4, 0.5) is 0 Å². The molecule has 0 aliphatic heterocycles. The van der Waals surface area contributed by atoms with Gasteiger partial charge in [0.25, 0.3) is 0 Å². The van der Waals surface area contributed by atoms with Crippen LogP contribution in [-0.2, 0) is 15.2 Å². The highest BCUT2D eigenvalue weighted by atomic mass is 32.2. The van der Waals surface area contributed by atoms with Gasteiger partial charge < -0.3 is 9.53 Å². The van der Waals surface area contributed by atoms with E-state index in [4.69, 9.17) is 4.43 Å². The van der Waals surface area contributed by atoms with Crippen molar-refractivity contribution < 1.29 is 13.7 Å². The fourth-order valence-corrected chi connectivity index (χ4v) is 5.90. The topological polar surface area (TPSA) is 46.5 Å². The smallest absolute Gasteiger partial charge is 0.191 e. The molecule has 1 unspecified atom stereocenters. The lowest BCUT2D eigenvalue weighted by molar-refractivity contribution is 0.155. The molecule has 29 heavy (non-hydrogen) atoms. The summed E-state index contributed by atoms with van der Waals surface area (Å²) in [6, 6.07) is 9.67. The van der Waals surface area contributed by atoms with Gasteiger partial charge in [-0.25, -0.2) is 0 Å². The summed E-state index contributed by atoms with van der Waals surface area (Å²) in [5.74, 6) is 0.610. The van der Waals surface area contributed by atoms with Crippen LogP contribution in [0.5, 0.6) is 0 Å². The molecule has 0 fully saturated rings. The minimum atomic E-state index is -1.71. The summed E-state index contributed by atoms with van der Waals surface area (Å²) in [5, 5.41) is 10.4. The molecule has 1 aliphatic rings. The van der Waals surface area contributed by atoms with Crippen LogP contribution in [0.1, 0.15) is 59.8 Å². The highest BCUT2D eigenvalue weighted by Gasteiger charge is 2.37. The third-order valence-electron chi connectivity index (χ3n) is 6.87. The maximum Gasteiger partial charge on any atom is 0.191 e.